The average molecular weight is 375 g/mol. The Labute approximate surface area is 164 Å². The number of guanidine groups is 1. The fourth-order valence-electron chi connectivity index (χ4n) is 4.22. The van der Waals surface area contributed by atoms with Crippen molar-refractivity contribution in [1.29, 1.82) is 0 Å². The normalized spacial score (nSPS) is 20.8. The van der Waals surface area contributed by atoms with Crippen LogP contribution in [0.15, 0.2) is 4.99 Å². The molecule has 0 saturated heterocycles. The van der Waals surface area contributed by atoms with E-state index in [2.05, 4.69) is 46.2 Å². The predicted molar refractivity (Wildman–Crippen MR) is 111 cm³/mol. The first-order chi connectivity index (χ1) is 13.1. The molecule has 152 valence electrons. The number of aromatic nitrogens is 3. The first-order valence-electron chi connectivity index (χ1n) is 11.0. The van der Waals surface area contributed by atoms with E-state index in [4.69, 9.17) is 4.99 Å². The summed E-state index contributed by atoms with van der Waals surface area (Å²) >= 11 is 0. The third-order valence-corrected chi connectivity index (χ3v) is 6.04. The second-order valence-corrected chi connectivity index (χ2v) is 8.94. The van der Waals surface area contributed by atoms with Gasteiger partial charge < -0.3 is 15.2 Å². The predicted octanol–water partition coefficient (Wildman–Crippen LogP) is 3.46. The molecule has 2 heterocycles. The van der Waals surface area contributed by atoms with Crippen molar-refractivity contribution in [3.8, 4) is 0 Å². The molecule has 1 saturated carbocycles. The highest BCUT2D eigenvalue weighted by atomic mass is 15.3. The molecule has 6 heteroatoms. The fraction of sp³-hybridized carbons (Fsp3) is 0.857. The molecule has 0 atom stereocenters. The van der Waals surface area contributed by atoms with Crippen LogP contribution in [0.2, 0.25) is 0 Å². The molecule has 1 fully saturated rings. The molecular formula is C21H38N6. The molecule has 1 aromatic rings. The molecule has 0 amide bonds. The maximum absolute atomic E-state index is 4.81. The van der Waals surface area contributed by atoms with Gasteiger partial charge in [-0.1, -0.05) is 20.3 Å². The molecule has 1 aromatic heterocycles. The van der Waals surface area contributed by atoms with Gasteiger partial charge in [0.25, 0.3) is 0 Å². The molecule has 3 rings (SSSR count). The van der Waals surface area contributed by atoms with Gasteiger partial charge in [-0.15, -0.1) is 10.2 Å². The summed E-state index contributed by atoms with van der Waals surface area (Å²) in [4.78, 5) is 4.81. The van der Waals surface area contributed by atoms with Crippen LogP contribution in [0.3, 0.4) is 0 Å². The first kappa shape index (κ1) is 20.2. The smallest absolute Gasteiger partial charge is 0.191 e. The van der Waals surface area contributed by atoms with Gasteiger partial charge in [-0.05, 0) is 57.3 Å². The number of hydrogen-bond donors (Lipinski definition) is 2. The van der Waals surface area contributed by atoms with E-state index in [0.717, 1.165) is 50.7 Å². The van der Waals surface area contributed by atoms with E-state index in [-0.39, 0.29) is 0 Å². The molecular weight excluding hydrogens is 336 g/mol. The Bertz CT molecular complexity index is 608. The Balaban J connectivity index is 1.47. The summed E-state index contributed by atoms with van der Waals surface area (Å²) in [5.74, 6) is 3.30. The van der Waals surface area contributed by atoms with Gasteiger partial charge in [0.05, 0.1) is 0 Å². The van der Waals surface area contributed by atoms with Crippen LogP contribution in [-0.4, -0.2) is 39.9 Å². The molecule has 0 aromatic carbocycles. The summed E-state index contributed by atoms with van der Waals surface area (Å²) < 4.78 is 2.35. The number of nitrogens with zero attached hydrogens (tertiary/aromatic N) is 4. The SMILES string of the molecule is CCNC(=NCCCc1nnc2n1CCCCC2)NC1CCC(C)(C)CC1. The maximum atomic E-state index is 4.81. The van der Waals surface area contributed by atoms with Crippen LogP contribution >= 0.6 is 0 Å². The average Bonchev–Trinajstić information content (AvgIpc) is 2.86. The summed E-state index contributed by atoms with van der Waals surface area (Å²) in [6, 6.07) is 0.558. The lowest BCUT2D eigenvalue weighted by Crippen LogP contribution is -2.45. The van der Waals surface area contributed by atoms with Gasteiger partial charge in [-0.3, -0.25) is 4.99 Å². The zero-order valence-corrected chi connectivity index (χ0v) is 17.6. The highest BCUT2D eigenvalue weighted by molar-refractivity contribution is 5.80. The first-order valence-corrected chi connectivity index (χ1v) is 11.0. The molecule has 1 aliphatic carbocycles. The lowest BCUT2D eigenvalue weighted by atomic mass is 9.75. The summed E-state index contributed by atoms with van der Waals surface area (Å²) in [7, 11) is 0. The second-order valence-electron chi connectivity index (χ2n) is 8.94. The minimum absolute atomic E-state index is 0.504. The molecule has 2 aliphatic rings. The lowest BCUT2D eigenvalue weighted by Gasteiger charge is -2.35. The molecule has 27 heavy (non-hydrogen) atoms. The van der Waals surface area contributed by atoms with Crippen molar-refractivity contribution in [2.45, 2.75) is 97.6 Å². The lowest BCUT2D eigenvalue weighted by molar-refractivity contribution is 0.216. The van der Waals surface area contributed by atoms with Crippen LogP contribution in [0.25, 0.3) is 0 Å². The van der Waals surface area contributed by atoms with E-state index >= 15 is 0 Å². The zero-order chi connectivity index (χ0) is 19.1. The van der Waals surface area contributed by atoms with Gasteiger partial charge in [0.1, 0.15) is 11.6 Å². The molecule has 6 nitrogen and oxygen atoms in total. The van der Waals surface area contributed by atoms with E-state index in [1.807, 2.05) is 0 Å². The van der Waals surface area contributed by atoms with Crippen molar-refractivity contribution in [2.24, 2.45) is 10.4 Å². The highest BCUT2D eigenvalue weighted by Gasteiger charge is 2.27. The minimum atomic E-state index is 0.504. The van der Waals surface area contributed by atoms with Gasteiger partial charge in [0, 0.05) is 38.5 Å². The summed E-state index contributed by atoms with van der Waals surface area (Å²) in [6.07, 6.45) is 11.9. The van der Waals surface area contributed by atoms with Crippen molar-refractivity contribution in [1.82, 2.24) is 25.4 Å². The van der Waals surface area contributed by atoms with Crippen molar-refractivity contribution in [3.63, 3.8) is 0 Å². The fourth-order valence-corrected chi connectivity index (χ4v) is 4.22. The largest absolute Gasteiger partial charge is 0.357 e. The van der Waals surface area contributed by atoms with E-state index in [1.54, 1.807) is 0 Å². The Morgan fingerprint density at radius 3 is 2.78 bits per heavy atom. The van der Waals surface area contributed by atoms with Crippen LogP contribution in [-0.2, 0) is 19.4 Å². The van der Waals surface area contributed by atoms with Crippen molar-refractivity contribution >= 4 is 5.96 Å². The number of aliphatic imine (C=N–C) groups is 1. The van der Waals surface area contributed by atoms with Crippen LogP contribution in [0.4, 0.5) is 0 Å². The molecule has 0 unspecified atom stereocenters. The van der Waals surface area contributed by atoms with Crippen molar-refractivity contribution in [2.75, 3.05) is 13.1 Å². The number of nitrogens with one attached hydrogen (secondary N) is 2. The summed E-state index contributed by atoms with van der Waals surface area (Å²) in [5, 5.41) is 15.9. The topological polar surface area (TPSA) is 67.1 Å². The molecule has 2 N–H and O–H groups in total. The Morgan fingerprint density at radius 2 is 2.00 bits per heavy atom. The van der Waals surface area contributed by atoms with Crippen LogP contribution in [0.5, 0.6) is 0 Å². The van der Waals surface area contributed by atoms with Crippen molar-refractivity contribution in [3.05, 3.63) is 11.6 Å². The van der Waals surface area contributed by atoms with Gasteiger partial charge in [-0.25, -0.2) is 0 Å². The monoisotopic (exact) mass is 374 g/mol. The minimum Gasteiger partial charge on any atom is -0.357 e. The standard InChI is InChI=1S/C21H38N6/c1-4-22-20(24-17-11-13-21(2,3)14-12-17)23-15-8-10-19-26-25-18-9-6-5-7-16-27(18)19/h17H,4-16H2,1-3H3,(H2,22,23,24). The summed E-state index contributed by atoms with van der Waals surface area (Å²) in [6.45, 7) is 9.72. The quantitative estimate of drug-likeness (QED) is 0.455. The summed E-state index contributed by atoms with van der Waals surface area (Å²) in [5.41, 5.74) is 0.504. The van der Waals surface area contributed by atoms with Gasteiger partial charge in [0.2, 0.25) is 0 Å². The molecule has 0 bridgehead atoms. The maximum Gasteiger partial charge on any atom is 0.191 e. The Morgan fingerprint density at radius 1 is 1.19 bits per heavy atom. The molecule has 1 aliphatic heterocycles. The van der Waals surface area contributed by atoms with Crippen LogP contribution < -0.4 is 10.6 Å². The number of aryl methyl sites for hydroxylation is 2. The Kier molecular flexibility index (Phi) is 7.13. The Hall–Kier alpha value is -1.59. The highest BCUT2D eigenvalue weighted by Crippen LogP contribution is 2.34. The van der Waals surface area contributed by atoms with E-state index in [9.17, 15) is 0 Å². The second kappa shape index (κ2) is 9.56. The van der Waals surface area contributed by atoms with Crippen molar-refractivity contribution < 1.29 is 0 Å². The third kappa shape index (κ3) is 5.94. The van der Waals surface area contributed by atoms with Gasteiger partial charge >= 0.3 is 0 Å². The van der Waals surface area contributed by atoms with Gasteiger partial charge in [-0.2, -0.15) is 0 Å². The zero-order valence-electron chi connectivity index (χ0n) is 17.6. The van der Waals surface area contributed by atoms with Gasteiger partial charge in [0.15, 0.2) is 5.96 Å². The van der Waals surface area contributed by atoms with E-state index < -0.39 is 0 Å². The molecule has 0 spiro atoms. The number of rotatable bonds is 6. The molecule has 0 radical (unpaired) electrons. The van der Waals surface area contributed by atoms with E-state index in [0.29, 0.717) is 11.5 Å². The number of hydrogen-bond acceptors (Lipinski definition) is 3. The third-order valence-electron chi connectivity index (χ3n) is 6.04. The van der Waals surface area contributed by atoms with Crippen LogP contribution in [0.1, 0.15) is 83.8 Å². The number of fused-ring (bicyclic) bond motifs is 1. The van der Waals surface area contributed by atoms with Crippen LogP contribution in [0, 0.1) is 5.41 Å². The van der Waals surface area contributed by atoms with E-state index in [1.165, 1.54) is 50.8 Å².